The molecule has 1 atom stereocenters. The van der Waals surface area contributed by atoms with Gasteiger partial charge in [-0.15, -0.1) is 0 Å². The molecule has 1 aliphatic rings. The number of carbonyl (C=O) groups excluding carboxylic acids is 2. The Balaban J connectivity index is 2.06. The first-order valence-electron chi connectivity index (χ1n) is 8.10. The average Bonchev–Trinajstić information content (AvgIpc) is 2.54. The summed E-state index contributed by atoms with van der Waals surface area (Å²) in [6.45, 7) is 4.86. The summed E-state index contributed by atoms with van der Waals surface area (Å²) in [5.74, 6) is 0.0524. The number of likely N-dealkylation sites (tertiary alicyclic amines) is 1. The third-order valence-corrected chi connectivity index (χ3v) is 4.18. The van der Waals surface area contributed by atoms with Gasteiger partial charge in [0.1, 0.15) is 0 Å². The van der Waals surface area contributed by atoms with Gasteiger partial charge in [0.05, 0.1) is 6.61 Å². The second-order valence-corrected chi connectivity index (χ2v) is 5.98. The quantitative estimate of drug-likeness (QED) is 0.795. The van der Waals surface area contributed by atoms with Crippen LogP contribution in [-0.4, -0.2) is 47.7 Å². The Morgan fingerprint density at radius 3 is 2.78 bits per heavy atom. The van der Waals surface area contributed by atoms with Crippen molar-refractivity contribution in [2.45, 2.75) is 39.2 Å². The molecule has 0 unspecified atom stereocenters. The minimum absolute atomic E-state index is 0.0524. The molecule has 3 amide bonds. The fourth-order valence-electron chi connectivity index (χ4n) is 2.84. The van der Waals surface area contributed by atoms with E-state index in [0.717, 1.165) is 24.9 Å². The molecule has 23 heavy (non-hydrogen) atoms. The summed E-state index contributed by atoms with van der Waals surface area (Å²) in [6.07, 6.45) is 3.28. The van der Waals surface area contributed by atoms with Crippen molar-refractivity contribution in [2.75, 3.05) is 25.0 Å². The van der Waals surface area contributed by atoms with Gasteiger partial charge < -0.3 is 20.6 Å². The molecule has 6 nitrogen and oxygen atoms in total. The molecule has 1 heterocycles. The molecule has 3 N–H and O–H groups in total. The van der Waals surface area contributed by atoms with Gasteiger partial charge in [0, 0.05) is 30.4 Å². The van der Waals surface area contributed by atoms with E-state index in [2.05, 4.69) is 17.6 Å². The number of urea groups is 1. The summed E-state index contributed by atoms with van der Waals surface area (Å²) >= 11 is 0. The molecule has 0 bridgehead atoms. The maximum atomic E-state index is 12.6. The zero-order chi connectivity index (χ0) is 16.8. The molecule has 0 aliphatic carbocycles. The van der Waals surface area contributed by atoms with Crippen LogP contribution in [0.2, 0.25) is 0 Å². The first-order valence-corrected chi connectivity index (χ1v) is 8.10. The number of hydrogen-bond donors (Lipinski definition) is 3. The second kappa shape index (κ2) is 7.97. The lowest BCUT2D eigenvalue weighted by molar-refractivity contribution is 0.0635. The van der Waals surface area contributed by atoms with Crippen molar-refractivity contribution in [2.24, 2.45) is 0 Å². The molecule has 1 saturated heterocycles. The predicted molar refractivity (Wildman–Crippen MR) is 89.6 cm³/mol. The number of rotatable bonds is 4. The Morgan fingerprint density at radius 1 is 1.35 bits per heavy atom. The molecular formula is C17H25N3O3. The van der Waals surface area contributed by atoms with Gasteiger partial charge in [0.15, 0.2) is 0 Å². The summed E-state index contributed by atoms with van der Waals surface area (Å²) in [6, 6.07) is 5.21. The highest BCUT2D eigenvalue weighted by atomic mass is 16.3. The van der Waals surface area contributed by atoms with Crippen LogP contribution in [0.5, 0.6) is 0 Å². The van der Waals surface area contributed by atoms with Gasteiger partial charge in [0.25, 0.3) is 5.91 Å². The first-order chi connectivity index (χ1) is 11.0. The highest BCUT2D eigenvalue weighted by Gasteiger charge is 2.24. The minimum Gasteiger partial charge on any atom is -0.395 e. The second-order valence-electron chi connectivity index (χ2n) is 5.98. The molecule has 0 saturated carbocycles. The molecular weight excluding hydrogens is 294 g/mol. The van der Waals surface area contributed by atoms with Crippen LogP contribution < -0.4 is 10.6 Å². The Labute approximate surface area is 136 Å². The maximum Gasteiger partial charge on any atom is 0.319 e. The van der Waals surface area contributed by atoms with Crippen LogP contribution >= 0.6 is 0 Å². The number of nitrogens with one attached hydrogen (secondary N) is 2. The number of anilines is 1. The topological polar surface area (TPSA) is 81.7 Å². The van der Waals surface area contributed by atoms with Crippen LogP contribution in [0.15, 0.2) is 18.2 Å². The van der Waals surface area contributed by atoms with Crippen LogP contribution in [0.4, 0.5) is 10.5 Å². The number of aryl methyl sites for hydroxylation is 1. The van der Waals surface area contributed by atoms with Crippen LogP contribution in [0.3, 0.4) is 0 Å². The predicted octanol–water partition coefficient (Wildman–Crippen LogP) is 2.12. The van der Waals surface area contributed by atoms with E-state index in [1.807, 2.05) is 17.9 Å². The molecule has 6 heteroatoms. The Morgan fingerprint density at radius 2 is 2.13 bits per heavy atom. The molecule has 126 valence electrons. The van der Waals surface area contributed by atoms with Crippen molar-refractivity contribution < 1.29 is 14.7 Å². The van der Waals surface area contributed by atoms with Crippen LogP contribution in [-0.2, 0) is 0 Å². The van der Waals surface area contributed by atoms with Crippen LogP contribution in [0.1, 0.15) is 42.1 Å². The van der Waals surface area contributed by atoms with Crippen molar-refractivity contribution >= 4 is 17.6 Å². The largest absolute Gasteiger partial charge is 0.395 e. The van der Waals surface area contributed by atoms with Gasteiger partial charge in [-0.25, -0.2) is 4.79 Å². The normalized spacial score (nSPS) is 17.7. The van der Waals surface area contributed by atoms with E-state index in [1.54, 1.807) is 12.1 Å². The fraction of sp³-hybridized carbons (Fsp3) is 0.529. The number of amides is 3. The third kappa shape index (κ3) is 4.45. The standard InChI is InChI=1S/C17H25N3O3/c1-12-11-14(16(22)20-9-4-3-5-13(20)2)6-7-15(12)19-17(23)18-8-10-21/h6-7,11,13,21H,3-5,8-10H2,1-2H3,(H2,18,19,23)/t13-/m1/s1. The van der Waals surface area contributed by atoms with E-state index in [9.17, 15) is 9.59 Å². The van der Waals surface area contributed by atoms with Crippen LogP contribution in [0, 0.1) is 6.92 Å². The van der Waals surface area contributed by atoms with Crippen molar-refractivity contribution in [3.05, 3.63) is 29.3 Å². The monoisotopic (exact) mass is 319 g/mol. The summed E-state index contributed by atoms with van der Waals surface area (Å²) in [7, 11) is 0. The summed E-state index contributed by atoms with van der Waals surface area (Å²) < 4.78 is 0. The Hall–Kier alpha value is -2.08. The lowest BCUT2D eigenvalue weighted by atomic mass is 10.0. The molecule has 1 aromatic carbocycles. The van der Waals surface area contributed by atoms with Gasteiger partial charge in [-0.1, -0.05) is 0 Å². The van der Waals surface area contributed by atoms with E-state index >= 15 is 0 Å². The van der Waals surface area contributed by atoms with Crippen LogP contribution in [0.25, 0.3) is 0 Å². The number of benzene rings is 1. The average molecular weight is 319 g/mol. The van der Waals surface area contributed by atoms with Gasteiger partial charge in [-0.3, -0.25) is 4.79 Å². The van der Waals surface area contributed by atoms with Crippen molar-refractivity contribution in [3.63, 3.8) is 0 Å². The number of hydrogen-bond acceptors (Lipinski definition) is 3. The van der Waals surface area contributed by atoms with E-state index in [4.69, 9.17) is 5.11 Å². The van der Waals surface area contributed by atoms with Crippen molar-refractivity contribution in [3.8, 4) is 0 Å². The summed E-state index contributed by atoms with van der Waals surface area (Å²) in [4.78, 5) is 26.2. The molecule has 1 aliphatic heterocycles. The van der Waals surface area contributed by atoms with Gasteiger partial charge in [0.2, 0.25) is 0 Å². The zero-order valence-electron chi connectivity index (χ0n) is 13.8. The number of aliphatic hydroxyl groups excluding tert-OH is 1. The van der Waals surface area contributed by atoms with Gasteiger partial charge >= 0.3 is 6.03 Å². The SMILES string of the molecule is Cc1cc(C(=O)N2CCCC[C@H]2C)ccc1NC(=O)NCCO. The highest BCUT2D eigenvalue weighted by molar-refractivity contribution is 5.96. The lowest BCUT2D eigenvalue weighted by Gasteiger charge is -2.33. The van der Waals surface area contributed by atoms with E-state index in [1.165, 1.54) is 6.42 Å². The van der Waals surface area contributed by atoms with E-state index in [-0.39, 0.29) is 31.1 Å². The summed E-state index contributed by atoms with van der Waals surface area (Å²) in [5, 5.41) is 13.9. The number of nitrogens with zero attached hydrogens (tertiary/aromatic N) is 1. The number of piperidine rings is 1. The smallest absolute Gasteiger partial charge is 0.319 e. The maximum absolute atomic E-state index is 12.6. The summed E-state index contributed by atoms with van der Waals surface area (Å²) in [5.41, 5.74) is 2.14. The van der Waals surface area contributed by atoms with Crippen molar-refractivity contribution in [1.82, 2.24) is 10.2 Å². The molecule has 0 aromatic heterocycles. The fourth-order valence-corrected chi connectivity index (χ4v) is 2.84. The number of carbonyl (C=O) groups is 2. The van der Waals surface area contributed by atoms with E-state index < -0.39 is 0 Å². The zero-order valence-corrected chi connectivity index (χ0v) is 13.8. The lowest BCUT2D eigenvalue weighted by Crippen LogP contribution is -2.42. The molecule has 0 spiro atoms. The first kappa shape index (κ1) is 17.3. The molecule has 1 fully saturated rings. The Bertz CT molecular complexity index is 574. The Kier molecular flexibility index (Phi) is 5.98. The van der Waals surface area contributed by atoms with Gasteiger partial charge in [-0.2, -0.15) is 0 Å². The molecule has 1 aromatic rings. The van der Waals surface area contributed by atoms with Gasteiger partial charge in [-0.05, 0) is 56.9 Å². The number of aliphatic hydroxyl groups is 1. The highest BCUT2D eigenvalue weighted by Crippen LogP contribution is 2.22. The minimum atomic E-state index is -0.370. The third-order valence-electron chi connectivity index (χ3n) is 4.18. The van der Waals surface area contributed by atoms with Crippen molar-refractivity contribution in [1.29, 1.82) is 0 Å². The molecule has 0 radical (unpaired) electrons. The van der Waals surface area contributed by atoms with E-state index in [0.29, 0.717) is 11.3 Å². The molecule has 2 rings (SSSR count).